The molecule has 0 aliphatic heterocycles. The lowest BCUT2D eigenvalue weighted by molar-refractivity contribution is 0.919. The van der Waals surface area contributed by atoms with E-state index in [1.807, 2.05) is 22.6 Å². The molecule has 0 saturated carbocycles. The first-order valence-corrected chi connectivity index (χ1v) is 5.60. The van der Waals surface area contributed by atoms with Crippen LogP contribution in [0.15, 0.2) is 42.7 Å². The SMILES string of the molecule is Clc1cc2nnc(Cc3ccccc3)n2cn1. The Morgan fingerprint density at radius 3 is 2.76 bits per heavy atom. The zero-order chi connectivity index (χ0) is 11.7. The van der Waals surface area contributed by atoms with Crippen molar-refractivity contribution in [1.29, 1.82) is 0 Å². The van der Waals surface area contributed by atoms with E-state index in [9.17, 15) is 0 Å². The van der Waals surface area contributed by atoms with Crippen molar-refractivity contribution < 1.29 is 0 Å². The van der Waals surface area contributed by atoms with Crippen LogP contribution < -0.4 is 0 Å². The Morgan fingerprint density at radius 1 is 1.12 bits per heavy atom. The summed E-state index contributed by atoms with van der Waals surface area (Å²) in [6.45, 7) is 0. The number of aromatic nitrogens is 4. The van der Waals surface area contributed by atoms with Crippen molar-refractivity contribution in [2.45, 2.75) is 6.42 Å². The van der Waals surface area contributed by atoms with Crippen LogP contribution >= 0.6 is 11.6 Å². The minimum absolute atomic E-state index is 0.427. The number of hydrogen-bond donors (Lipinski definition) is 0. The molecule has 0 atom stereocenters. The zero-order valence-corrected chi connectivity index (χ0v) is 9.67. The summed E-state index contributed by atoms with van der Waals surface area (Å²) >= 11 is 5.80. The highest BCUT2D eigenvalue weighted by Crippen LogP contribution is 2.11. The zero-order valence-electron chi connectivity index (χ0n) is 8.92. The minimum Gasteiger partial charge on any atom is -0.269 e. The molecule has 0 aliphatic carbocycles. The van der Waals surface area contributed by atoms with Crippen LogP contribution in [0.2, 0.25) is 5.15 Å². The van der Waals surface area contributed by atoms with Gasteiger partial charge < -0.3 is 0 Å². The number of rotatable bonds is 2. The predicted octanol–water partition coefficient (Wildman–Crippen LogP) is 2.37. The lowest BCUT2D eigenvalue weighted by Crippen LogP contribution is -1.97. The van der Waals surface area contributed by atoms with E-state index in [1.54, 1.807) is 12.4 Å². The predicted molar refractivity (Wildman–Crippen MR) is 65.0 cm³/mol. The van der Waals surface area contributed by atoms with Gasteiger partial charge in [-0.05, 0) is 5.56 Å². The van der Waals surface area contributed by atoms with Gasteiger partial charge in [0.1, 0.15) is 17.3 Å². The van der Waals surface area contributed by atoms with E-state index in [2.05, 4.69) is 27.3 Å². The van der Waals surface area contributed by atoms with Gasteiger partial charge in [0.15, 0.2) is 5.65 Å². The van der Waals surface area contributed by atoms with Crippen molar-refractivity contribution in [3.8, 4) is 0 Å². The van der Waals surface area contributed by atoms with Crippen molar-refractivity contribution in [3.05, 3.63) is 59.3 Å². The summed E-state index contributed by atoms with van der Waals surface area (Å²) in [4.78, 5) is 4.03. The average molecular weight is 245 g/mol. The van der Waals surface area contributed by atoms with Crippen molar-refractivity contribution in [3.63, 3.8) is 0 Å². The molecule has 0 saturated heterocycles. The van der Waals surface area contributed by atoms with Crippen LogP contribution in [0.4, 0.5) is 0 Å². The Hall–Kier alpha value is -1.94. The number of benzene rings is 1. The number of nitrogens with zero attached hydrogens (tertiary/aromatic N) is 4. The summed E-state index contributed by atoms with van der Waals surface area (Å²) in [5.41, 5.74) is 1.91. The van der Waals surface area contributed by atoms with Crippen LogP contribution in [0, 0.1) is 0 Å². The molecule has 0 aliphatic rings. The van der Waals surface area contributed by atoms with Gasteiger partial charge in [0.2, 0.25) is 0 Å². The molecule has 4 nitrogen and oxygen atoms in total. The molecule has 84 valence electrons. The summed E-state index contributed by atoms with van der Waals surface area (Å²) in [6, 6.07) is 11.8. The van der Waals surface area contributed by atoms with E-state index in [-0.39, 0.29) is 0 Å². The van der Waals surface area contributed by atoms with Crippen LogP contribution in [0.3, 0.4) is 0 Å². The maximum atomic E-state index is 5.80. The summed E-state index contributed by atoms with van der Waals surface area (Å²) < 4.78 is 1.85. The van der Waals surface area contributed by atoms with E-state index in [0.29, 0.717) is 5.15 Å². The molecule has 0 fully saturated rings. The fourth-order valence-corrected chi connectivity index (χ4v) is 1.86. The average Bonchev–Trinajstić information content (AvgIpc) is 2.73. The maximum absolute atomic E-state index is 5.80. The van der Waals surface area contributed by atoms with Gasteiger partial charge in [-0.15, -0.1) is 10.2 Å². The molecular weight excluding hydrogens is 236 g/mol. The molecule has 1 aromatic carbocycles. The fourth-order valence-electron chi connectivity index (χ4n) is 1.72. The third-order valence-electron chi connectivity index (χ3n) is 2.54. The lowest BCUT2D eigenvalue weighted by Gasteiger charge is -1.99. The second kappa shape index (κ2) is 4.14. The van der Waals surface area contributed by atoms with E-state index in [0.717, 1.165) is 17.9 Å². The monoisotopic (exact) mass is 244 g/mol. The van der Waals surface area contributed by atoms with E-state index in [1.165, 1.54) is 5.56 Å². The van der Waals surface area contributed by atoms with Gasteiger partial charge in [-0.3, -0.25) is 4.40 Å². The standard InChI is InChI=1S/C12H9ClN4/c13-10-7-12-16-15-11(17(12)8-14-10)6-9-4-2-1-3-5-9/h1-5,7-8H,6H2. The highest BCUT2D eigenvalue weighted by molar-refractivity contribution is 6.29. The van der Waals surface area contributed by atoms with Gasteiger partial charge in [0, 0.05) is 12.5 Å². The maximum Gasteiger partial charge on any atom is 0.165 e. The largest absolute Gasteiger partial charge is 0.269 e. The highest BCUT2D eigenvalue weighted by Gasteiger charge is 2.06. The van der Waals surface area contributed by atoms with Crippen molar-refractivity contribution >= 4 is 17.2 Å². The van der Waals surface area contributed by atoms with Gasteiger partial charge in [-0.2, -0.15) is 0 Å². The Bertz CT molecular complexity index is 648. The van der Waals surface area contributed by atoms with E-state index >= 15 is 0 Å². The van der Waals surface area contributed by atoms with Crippen LogP contribution in [0.25, 0.3) is 5.65 Å². The van der Waals surface area contributed by atoms with Crippen LogP contribution in [0.5, 0.6) is 0 Å². The molecule has 0 bridgehead atoms. The van der Waals surface area contributed by atoms with Gasteiger partial charge in [0.25, 0.3) is 0 Å². The molecule has 0 amide bonds. The van der Waals surface area contributed by atoms with Gasteiger partial charge >= 0.3 is 0 Å². The first kappa shape index (κ1) is 10.2. The van der Waals surface area contributed by atoms with Crippen molar-refractivity contribution in [2.24, 2.45) is 0 Å². The summed E-state index contributed by atoms with van der Waals surface area (Å²) in [7, 11) is 0. The number of fused-ring (bicyclic) bond motifs is 1. The van der Waals surface area contributed by atoms with Crippen LogP contribution in [0.1, 0.15) is 11.4 Å². The minimum atomic E-state index is 0.427. The molecule has 0 radical (unpaired) electrons. The summed E-state index contributed by atoms with van der Waals surface area (Å²) in [5.74, 6) is 0.857. The number of hydrogen-bond acceptors (Lipinski definition) is 3. The third kappa shape index (κ3) is 1.99. The molecule has 2 heterocycles. The molecule has 17 heavy (non-hydrogen) atoms. The Kier molecular flexibility index (Phi) is 2.49. The van der Waals surface area contributed by atoms with Gasteiger partial charge in [0.05, 0.1) is 0 Å². The second-order valence-electron chi connectivity index (χ2n) is 3.72. The van der Waals surface area contributed by atoms with E-state index < -0.39 is 0 Å². The fraction of sp³-hybridized carbons (Fsp3) is 0.0833. The molecular formula is C12H9ClN4. The second-order valence-corrected chi connectivity index (χ2v) is 4.11. The van der Waals surface area contributed by atoms with Crippen molar-refractivity contribution in [1.82, 2.24) is 19.6 Å². The molecule has 3 aromatic rings. The van der Waals surface area contributed by atoms with Crippen molar-refractivity contribution in [2.75, 3.05) is 0 Å². The topological polar surface area (TPSA) is 43.1 Å². The smallest absolute Gasteiger partial charge is 0.165 e. The van der Waals surface area contributed by atoms with E-state index in [4.69, 9.17) is 11.6 Å². The van der Waals surface area contributed by atoms with Gasteiger partial charge in [-0.1, -0.05) is 41.9 Å². The quantitative estimate of drug-likeness (QED) is 0.650. The van der Waals surface area contributed by atoms with Crippen LogP contribution in [-0.2, 0) is 6.42 Å². The first-order valence-electron chi connectivity index (χ1n) is 5.22. The molecule has 0 unspecified atom stereocenters. The lowest BCUT2D eigenvalue weighted by atomic mass is 10.1. The van der Waals surface area contributed by atoms with Crippen LogP contribution in [-0.4, -0.2) is 19.6 Å². The Balaban J connectivity index is 2.01. The first-order chi connectivity index (χ1) is 8.33. The number of halogens is 1. The van der Waals surface area contributed by atoms with Gasteiger partial charge in [-0.25, -0.2) is 4.98 Å². The molecule has 2 aromatic heterocycles. The molecule has 0 N–H and O–H groups in total. The summed E-state index contributed by atoms with van der Waals surface area (Å²) in [6.07, 6.45) is 2.38. The Labute approximate surface area is 103 Å². The third-order valence-corrected chi connectivity index (χ3v) is 2.75. The highest BCUT2D eigenvalue weighted by atomic mass is 35.5. The molecule has 0 spiro atoms. The molecule has 5 heteroatoms. The Morgan fingerprint density at radius 2 is 1.94 bits per heavy atom. The molecule has 3 rings (SSSR count). The normalized spacial score (nSPS) is 10.9. The summed E-state index contributed by atoms with van der Waals surface area (Å²) in [5, 5.41) is 8.64.